The number of hydrogen-bond donors (Lipinski definition) is 0. The molecule has 0 unspecified atom stereocenters. The van der Waals surface area contributed by atoms with Crippen LogP contribution in [-0.2, 0) is 0 Å². The molecule has 0 aliphatic rings. The van der Waals surface area contributed by atoms with Crippen molar-refractivity contribution in [2.75, 3.05) is 0 Å². The van der Waals surface area contributed by atoms with Crippen LogP contribution in [0.2, 0.25) is 0 Å². The van der Waals surface area contributed by atoms with Gasteiger partial charge in [-0.2, -0.15) is 0 Å². The Bertz CT molecular complexity index is 38.6. The summed E-state index contributed by atoms with van der Waals surface area (Å²) in [6.07, 6.45) is 7.01. The topological polar surface area (TPSA) is 0 Å². The molecule has 62 valence electrons. The monoisotopic (exact) mass is 286 g/mol. The van der Waals surface area contributed by atoms with Gasteiger partial charge in [-0.1, -0.05) is 46.0 Å². The molecule has 0 atom stereocenters. The third kappa shape index (κ3) is 22.7. The van der Waals surface area contributed by atoms with Crippen LogP contribution in [0.4, 0.5) is 0 Å². The first-order valence-electron chi connectivity index (χ1n) is 3.95. The van der Waals surface area contributed by atoms with Gasteiger partial charge in [0.2, 0.25) is 0 Å². The van der Waals surface area contributed by atoms with Gasteiger partial charge in [0.1, 0.15) is 0 Å². The zero-order valence-electron chi connectivity index (χ0n) is 7.00. The van der Waals surface area contributed by atoms with E-state index in [-0.39, 0.29) is 0 Å². The molecule has 0 heterocycles. The van der Waals surface area contributed by atoms with E-state index in [1.807, 2.05) is 0 Å². The molecule has 3 heteroatoms. The molecular weight excluding hydrogens is 270 g/mol. The Morgan fingerprint density at radius 2 is 1.20 bits per heavy atom. The van der Waals surface area contributed by atoms with Crippen molar-refractivity contribution in [2.45, 2.75) is 46.0 Å². The van der Waals surface area contributed by atoms with Crippen LogP contribution < -0.4 is 0 Å². The second kappa shape index (κ2) is 16.8. The van der Waals surface area contributed by atoms with Gasteiger partial charge >= 0.3 is 37.7 Å². The first kappa shape index (κ1) is 14.0. The van der Waals surface area contributed by atoms with Crippen molar-refractivity contribution in [3.8, 4) is 0 Å². The summed E-state index contributed by atoms with van der Waals surface area (Å²) in [5.41, 5.74) is 0. The molecule has 0 aromatic carbocycles. The first-order valence-corrected chi connectivity index (χ1v) is 14.2. The van der Waals surface area contributed by atoms with Crippen molar-refractivity contribution in [3.05, 3.63) is 0 Å². The van der Waals surface area contributed by atoms with Crippen molar-refractivity contribution >= 4 is 37.7 Å². The molecule has 0 fully saturated rings. The molecule has 0 aliphatic heterocycles. The fraction of sp³-hybridized carbons (Fsp3) is 1.00. The zero-order valence-corrected chi connectivity index (χ0v) is 12.5. The molecule has 10 heavy (non-hydrogen) atoms. The van der Waals surface area contributed by atoms with Crippen molar-refractivity contribution < 1.29 is 0 Å². The number of hydrogen-bond acceptors (Lipinski definition) is 0. The van der Waals surface area contributed by atoms with Crippen LogP contribution in [0, 0.1) is 0 Å². The molecular formula is C7H17Cl2In. The van der Waals surface area contributed by atoms with Crippen LogP contribution in [0.25, 0.3) is 0 Å². The maximum atomic E-state index is 4.97. The number of rotatable bonds is 4. The predicted octanol–water partition coefficient (Wildman–Crippen LogP) is 3.71. The van der Waals surface area contributed by atoms with Crippen LogP contribution in [0.5, 0.6) is 0 Å². The van der Waals surface area contributed by atoms with E-state index in [0.717, 1.165) is 0 Å². The molecule has 0 bridgehead atoms. The molecule has 0 nitrogen and oxygen atoms in total. The molecule has 0 aromatic rings. The summed E-state index contributed by atoms with van der Waals surface area (Å²) in [6, 6.07) is 0. The second-order valence-corrected chi connectivity index (χ2v) is 8.16. The molecule has 0 spiro atoms. The summed E-state index contributed by atoms with van der Waals surface area (Å²) in [7, 11) is 9.95. The van der Waals surface area contributed by atoms with Gasteiger partial charge in [-0.05, 0) is 0 Å². The van der Waals surface area contributed by atoms with Crippen molar-refractivity contribution in [1.82, 2.24) is 0 Å². The van der Waals surface area contributed by atoms with Gasteiger partial charge in [0.25, 0.3) is 0 Å². The summed E-state index contributed by atoms with van der Waals surface area (Å²) < 4.78 is 0. The molecule has 0 aromatic heterocycles. The molecule has 0 aliphatic carbocycles. The Labute approximate surface area is 83.2 Å². The maximum absolute atomic E-state index is 4.97. The average Bonchev–Trinajstić information content (AvgIpc) is 1.91. The normalized spacial score (nSPS) is 8.00. The number of halogens is 2. The SMILES string of the molecule is CCCCCCC.[Cl][InH][Cl]. The van der Waals surface area contributed by atoms with Gasteiger partial charge in [0.05, 0.1) is 0 Å². The van der Waals surface area contributed by atoms with Crippen molar-refractivity contribution in [2.24, 2.45) is 0 Å². The average molecular weight is 287 g/mol. The van der Waals surface area contributed by atoms with E-state index in [2.05, 4.69) is 13.8 Å². The van der Waals surface area contributed by atoms with E-state index in [9.17, 15) is 0 Å². The Kier molecular flexibility index (Phi) is 23.5. The van der Waals surface area contributed by atoms with Crippen LogP contribution in [-0.4, -0.2) is 20.5 Å². The molecule has 0 N–H and O–H groups in total. The van der Waals surface area contributed by atoms with E-state index in [4.69, 9.17) is 17.2 Å². The third-order valence-corrected chi connectivity index (χ3v) is 1.21. The predicted molar refractivity (Wildman–Crippen MR) is 53.3 cm³/mol. The van der Waals surface area contributed by atoms with Gasteiger partial charge in [0, 0.05) is 0 Å². The summed E-state index contributed by atoms with van der Waals surface area (Å²) in [4.78, 5) is 0. The van der Waals surface area contributed by atoms with Gasteiger partial charge in [-0.25, -0.2) is 0 Å². The van der Waals surface area contributed by atoms with Crippen molar-refractivity contribution in [3.63, 3.8) is 0 Å². The van der Waals surface area contributed by atoms with Gasteiger partial charge in [-0.15, -0.1) is 0 Å². The molecule has 0 radical (unpaired) electrons. The quantitative estimate of drug-likeness (QED) is 0.691. The Hall–Kier alpha value is 1.45. The summed E-state index contributed by atoms with van der Waals surface area (Å²) in [5, 5.41) is 0. The van der Waals surface area contributed by atoms with Crippen LogP contribution >= 0.6 is 17.2 Å². The summed E-state index contributed by atoms with van der Waals surface area (Å²) in [6.45, 7) is 4.49. The van der Waals surface area contributed by atoms with E-state index >= 15 is 0 Å². The van der Waals surface area contributed by atoms with E-state index in [1.165, 1.54) is 32.1 Å². The zero-order chi connectivity index (χ0) is 8.24. The first-order chi connectivity index (χ1) is 4.83. The minimum absolute atomic E-state index is 1.07. The van der Waals surface area contributed by atoms with Crippen molar-refractivity contribution in [1.29, 1.82) is 0 Å². The van der Waals surface area contributed by atoms with Crippen LogP contribution in [0.3, 0.4) is 0 Å². The fourth-order valence-electron chi connectivity index (χ4n) is 0.677. The van der Waals surface area contributed by atoms with Crippen LogP contribution in [0.15, 0.2) is 0 Å². The van der Waals surface area contributed by atoms with Gasteiger partial charge in [0.15, 0.2) is 0 Å². The molecule has 0 saturated carbocycles. The standard InChI is InChI=1S/C7H16.2ClH.In.H/c1-3-5-7-6-4-2;;;;/h3-7H2,1-2H3;2*1H;;/q;;;+2;/p-2. The fourth-order valence-corrected chi connectivity index (χ4v) is 0.677. The Morgan fingerprint density at radius 3 is 1.40 bits per heavy atom. The van der Waals surface area contributed by atoms with E-state index in [1.54, 1.807) is 0 Å². The summed E-state index contributed by atoms with van der Waals surface area (Å²) >= 11 is -1.07. The summed E-state index contributed by atoms with van der Waals surface area (Å²) in [5.74, 6) is 0. The second-order valence-electron chi connectivity index (χ2n) is 2.16. The number of unbranched alkanes of at least 4 members (excludes halogenated alkanes) is 4. The van der Waals surface area contributed by atoms with E-state index < -0.39 is 20.5 Å². The van der Waals surface area contributed by atoms with E-state index in [0.29, 0.717) is 0 Å². The third-order valence-electron chi connectivity index (χ3n) is 1.21. The molecule has 0 rings (SSSR count). The van der Waals surface area contributed by atoms with Gasteiger partial charge < -0.3 is 0 Å². The minimum atomic E-state index is -1.07. The Morgan fingerprint density at radius 1 is 0.900 bits per heavy atom. The Balaban J connectivity index is 0. The molecule has 0 saturated heterocycles. The van der Waals surface area contributed by atoms with Crippen LogP contribution in [0.1, 0.15) is 46.0 Å². The molecule has 0 amide bonds. The van der Waals surface area contributed by atoms with Gasteiger partial charge in [-0.3, -0.25) is 0 Å².